The largest absolute Gasteiger partial charge is 1.00 e. The first-order chi connectivity index (χ1) is 8.00. The summed E-state index contributed by atoms with van der Waals surface area (Å²) in [5.74, 6) is 0.655. The summed E-state index contributed by atoms with van der Waals surface area (Å²) in [7, 11) is -3.62. The van der Waals surface area contributed by atoms with E-state index in [1.54, 1.807) is 25.1 Å². The van der Waals surface area contributed by atoms with Gasteiger partial charge in [0.15, 0.2) is 5.82 Å². The van der Waals surface area contributed by atoms with Crippen LogP contribution in [0.2, 0.25) is 0 Å². The van der Waals surface area contributed by atoms with E-state index in [9.17, 15) is 8.42 Å². The number of nitrogens with one attached hydrogen (secondary N) is 1. The fourth-order valence-corrected chi connectivity index (χ4v) is 2.61. The van der Waals surface area contributed by atoms with Crippen LogP contribution in [0.1, 0.15) is 5.76 Å². The van der Waals surface area contributed by atoms with Gasteiger partial charge in [-0.3, -0.25) is 4.72 Å². The quantitative estimate of drug-likeness (QED) is 0.738. The predicted octanol–water partition coefficient (Wildman–Crippen LogP) is -0.626. The van der Waals surface area contributed by atoms with Crippen LogP contribution in [0.3, 0.4) is 0 Å². The Labute approximate surface area is 141 Å². The van der Waals surface area contributed by atoms with Gasteiger partial charge in [-0.25, -0.2) is 8.42 Å². The molecule has 0 radical (unpaired) electrons. The van der Waals surface area contributed by atoms with Crippen molar-refractivity contribution in [1.29, 1.82) is 0 Å². The summed E-state index contributed by atoms with van der Waals surface area (Å²) in [6.45, 7) is 1.68. The van der Waals surface area contributed by atoms with Gasteiger partial charge in [0.05, 0.1) is 4.90 Å². The van der Waals surface area contributed by atoms with Gasteiger partial charge in [0, 0.05) is 0 Å². The molecule has 0 bridgehead atoms. The van der Waals surface area contributed by atoms with E-state index in [4.69, 9.17) is 4.52 Å². The summed E-state index contributed by atoms with van der Waals surface area (Å²) in [6.07, 6.45) is 0. The SMILES string of the molecule is Cc1onc(NS(=O)(=O)c2ccccc2)c1Br.[Na+].[OH-]. The molecular weight excluding hydrogens is 347 g/mol. The van der Waals surface area contributed by atoms with Crippen molar-refractivity contribution in [2.75, 3.05) is 4.72 Å². The van der Waals surface area contributed by atoms with Crippen molar-refractivity contribution in [3.8, 4) is 0 Å². The molecule has 0 aliphatic rings. The van der Waals surface area contributed by atoms with E-state index in [1.807, 2.05) is 0 Å². The fourth-order valence-electron chi connectivity index (χ4n) is 1.21. The normalized spacial score (nSPS) is 10.2. The van der Waals surface area contributed by atoms with Crippen molar-refractivity contribution in [2.24, 2.45) is 0 Å². The fraction of sp³-hybridized carbons (Fsp3) is 0.100. The van der Waals surface area contributed by atoms with E-state index in [0.717, 1.165) is 0 Å². The Balaban J connectivity index is 0.00000162. The second-order valence-corrected chi connectivity index (χ2v) is 5.80. The van der Waals surface area contributed by atoms with Crippen molar-refractivity contribution in [2.45, 2.75) is 11.8 Å². The maximum Gasteiger partial charge on any atom is 1.00 e. The van der Waals surface area contributed by atoms with E-state index >= 15 is 0 Å². The number of hydrogen-bond acceptors (Lipinski definition) is 5. The molecule has 19 heavy (non-hydrogen) atoms. The van der Waals surface area contributed by atoms with Crippen LogP contribution in [0.5, 0.6) is 0 Å². The number of benzene rings is 1. The number of aryl methyl sites for hydroxylation is 1. The number of sulfonamides is 1. The van der Waals surface area contributed by atoms with Gasteiger partial charge in [-0.2, -0.15) is 0 Å². The molecule has 0 saturated heterocycles. The molecule has 2 aromatic rings. The molecule has 6 nitrogen and oxygen atoms in total. The molecule has 9 heteroatoms. The molecule has 98 valence electrons. The standard InChI is InChI=1S/C10H9BrN2O3S.Na.H2O/c1-7-9(11)10(12-16-7)13-17(14,15)8-5-3-2-4-6-8;;/h2-6H,1H3,(H,12,13);;1H2/q;+1;/p-1. The Hall–Kier alpha value is -0.380. The molecule has 0 spiro atoms. The number of nitrogens with zero attached hydrogens (tertiary/aromatic N) is 1. The minimum atomic E-state index is -3.62. The molecular formula is C10H10BrN2NaO4S. The first-order valence-electron chi connectivity index (χ1n) is 4.70. The molecule has 1 heterocycles. The summed E-state index contributed by atoms with van der Waals surface area (Å²) in [5, 5.41) is 3.61. The topological polar surface area (TPSA) is 102 Å². The van der Waals surface area contributed by atoms with Gasteiger partial charge in [-0.15, -0.1) is 0 Å². The summed E-state index contributed by atoms with van der Waals surface area (Å²) < 4.78 is 31.6. The van der Waals surface area contributed by atoms with Crippen LogP contribution in [0.15, 0.2) is 44.2 Å². The second kappa shape index (κ2) is 7.41. The third kappa shape index (κ3) is 4.30. The van der Waals surface area contributed by atoms with Crippen molar-refractivity contribution in [3.05, 3.63) is 40.6 Å². The monoisotopic (exact) mass is 356 g/mol. The van der Waals surface area contributed by atoms with Crippen molar-refractivity contribution >= 4 is 31.8 Å². The van der Waals surface area contributed by atoms with E-state index in [1.165, 1.54) is 12.1 Å². The second-order valence-electron chi connectivity index (χ2n) is 3.32. The number of hydrogen-bond donors (Lipinski definition) is 1. The van der Waals surface area contributed by atoms with Gasteiger partial charge in [0.1, 0.15) is 10.2 Å². The Morgan fingerprint density at radius 2 is 1.84 bits per heavy atom. The van der Waals surface area contributed by atoms with Gasteiger partial charge >= 0.3 is 29.6 Å². The Bertz CT molecular complexity index is 630. The third-order valence-corrected chi connectivity index (χ3v) is 4.36. The zero-order valence-electron chi connectivity index (χ0n) is 10.3. The van der Waals surface area contributed by atoms with Crippen LogP contribution in [0, 0.1) is 6.92 Å². The third-order valence-electron chi connectivity index (χ3n) is 2.08. The molecule has 2 N–H and O–H groups in total. The maximum atomic E-state index is 11.9. The summed E-state index contributed by atoms with van der Waals surface area (Å²) in [5.41, 5.74) is 0. The minimum absolute atomic E-state index is 0. The maximum absolute atomic E-state index is 11.9. The summed E-state index contributed by atoms with van der Waals surface area (Å²) in [6, 6.07) is 8.05. The zero-order chi connectivity index (χ0) is 12.5. The summed E-state index contributed by atoms with van der Waals surface area (Å²) >= 11 is 3.19. The number of aromatic nitrogens is 1. The van der Waals surface area contributed by atoms with Gasteiger partial charge in [0.2, 0.25) is 0 Å². The number of anilines is 1. The van der Waals surface area contributed by atoms with Crippen LogP contribution in [-0.4, -0.2) is 19.1 Å². The molecule has 0 saturated carbocycles. The molecule has 0 aliphatic carbocycles. The van der Waals surface area contributed by atoms with Gasteiger partial charge < -0.3 is 10.00 Å². The summed E-state index contributed by atoms with van der Waals surface area (Å²) in [4.78, 5) is 0.174. The average molecular weight is 357 g/mol. The van der Waals surface area contributed by atoms with E-state index in [-0.39, 0.29) is 45.7 Å². The Morgan fingerprint density at radius 1 is 1.26 bits per heavy atom. The molecule has 1 aromatic carbocycles. The van der Waals surface area contributed by atoms with Crippen LogP contribution in [-0.2, 0) is 10.0 Å². The van der Waals surface area contributed by atoms with Gasteiger partial charge in [-0.05, 0) is 35.0 Å². The van der Waals surface area contributed by atoms with Crippen molar-refractivity contribution in [3.63, 3.8) is 0 Å². The number of halogens is 1. The molecule has 0 unspecified atom stereocenters. The van der Waals surface area contributed by atoms with Crippen LogP contribution >= 0.6 is 15.9 Å². The van der Waals surface area contributed by atoms with Crippen molar-refractivity contribution < 1.29 is 48.0 Å². The number of rotatable bonds is 3. The average Bonchev–Trinajstić information content (AvgIpc) is 2.62. The van der Waals surface area contributed by atoms with Crippen LogP contribution in [0.4, 0.5) is 5.82 Å². The zero-order valence-corrected chi connectivity index (χ0v) is 14.7. The van der Waals surface area contributed by atoms with E-state index < -0.39 is 10.0 Å². The molecule has 0 fully saturated rings. The first kappa shape index (κ1) is 18.6. The first-order valence-corrected chi connectivity index (χ1v) is 6.98. The minimum Gasteiger partial charge on any atom is -0.870 e. The van der Waals surface area contributed by atoms with Gasteiger partial charge in [0.25, 0.3) is 10.0 Å². The Kier molecular flexibility index (Phi) is 7.27. The Morgan fingerprint density at radius 3 is 2.32 bits per heavy atom. The van der Waals surface area contributed by atoms with Crippen LogP contribution in [0.25, 0.3) is 0 Å². The molecule has 0 amide bonds. The van der Waals surface area contributed by atoms with E-state index in [2.05, 4.69) is 25.8 Å². The van der Waals surface area contributed by atoms with Crippen LogP contribution < -0.4 is 34.3 Å². The molecule has 1 aromatic heterocycles. The van der Waals surface area contributed by atoms with Gasteiger partial charge in [-0.1, -0.05) is 23.4 Å². The molecule has 0 atom stereocenters. The smallest absolute Gasteiger partial charge is 0.870 e. The van der Waals surface area contributed by atoms with E-state index in [0.29, 0.717) is 10.2 Å². The molecule has 2 rings (SSSR count). The molecule has 0 aliphatic heterocycles. The van der Waals surface area contributed by atoms with Crippen molar-refractivity contribution in [1.82, 2.24) is 5.16 Å². The predicted molar refractivity (Wildman–Crippen MR) is 68.1 cm³/mol.